The number of rotatable bonds is 4. The van der Waals surface area contributed by atoms with Crippen molar-refractivity contribution in [2.45, 2.75) is 6.61 Å². The molecule has 0 aliphatic heterocycles. The molecule has 0 aromatic heterocycles. The van der Waals surface area contributed by atoms with Gasteiger partial charge in [-0.15, -0.1) is 0 Å². The lowest BCUT2D eigenvalue weighted by molar-refractivity contribution is -0.0398. The van der Waals surface area contributed by atoms with Crippen LogP contribution in [0.1, 0.15) is 5.56 Å². The summed E-state index contributed by atoms with van der Waals surface area (Å²) in [7, 11) is 1.53. The first-order chi connectivity index (χ1) is 6.24. The van der Waals surface area contributed by atoms with Crippen LogP contribution in [0.5, 0.6) is 0 Å². The van der Waals surface area contributed by atoms with Gasteiger partial charge >= 0.3 is 0 Å². The number of hydrogen-bond acceptors (Lipinski definition) is 2. The first-order valence-electron chi connectivity index (χ1n) is 3.74. The van der Waals surface area contributed by atoms with Crippen LogP contribution in [0.2, 0.25) is 0 Å². The number of ether oxygens (including phenoxy) is 2. The fourth-order valence-corrected chi connectivity index (χ4v) is 1.21. The van der Waals surface area contributed by atoms with Crippen LogP contribution >= 0.6 is 15.9 Å². The van der Waals surface area contributed by atoms with Gasteiger partial charge in [0.25, 0.3) is 0 Å². The van der Waals surface area contributed by atoms with Crippen LogP contribution < -0.4 is 0 Å². The molecule has 0 aliphatic rings. The van der Waals surface area contributed by atoms with E-state index in [9.17, 15) is 4.39 Å². The Labute approximate surface area is 84.8 Å². The van der Waals surface area contributed by atoms with E-state index in [2.05, 4.69) is 20.7 Å². The normalized spacial score (nSPS) is 10.4. The number of halogens is 2. The number of hydrogen-bond donors (Lipinski definition) is 0. The fourth-order valence-electron chi connectivity index (χ4n) is 0.874. The maximum Gasteiger partial charge on any atom is 0.146 e. The van der Waals surface area contributed by atoms with E-state index in [0.717, 1.165) is 4.47 Å². The van der Waals surface area contributed by atoms with E-state index >= 15 is 0 Å². The van der Waals surface area contributed by atoms with Gasteiger partial charge in [-0.2, -0.15) is 0 Å². The second-order valence-electron chi connectivity index (χ2n) is 2.49. The van der Waals surface area contributed by atoms with Crippen molar-refractivity contribution in [1.29, 1.82) is 0 Å². The SMILES string of the molecule is COCOCc1ccc(Br)cc1F. The molecule has 0 saturated heterocycles. The van der Waals surface area contributed by atoms with Crippen LogP contribution in [0.3, 0.4) is 0 Å². The highest BCUT2D eigenvalue weighted by atomic mass is 79.9. The molecule has 0 saturated carbocycles. The summed E-state index contributed by atoms with van der Waals surface area (Å²) in [6.07, 6.45) is 0. The first kappa shape index (κ1) is 10.6. The Morgan fingerprint density at radius 3 is 2.85 bits per heavy atom. The lowest BCUT2D eigenvalue weighted by atomic mass is 10.2. The third kappa shape index (κ3) is 3.42. The number of benzene rings is 1. The van der Waals surface area contributed by atoms with E-state index in [1.165, 1.54) is 13.2 Å². The van der Waals surface area contributed by atoms with E-state index in [-0.39, 0.29) is 19.2 Å². The molecule has 0 heterocycles. The highest BCUT2D eigenvalue weighted by molar-refractivity contribution is 9.10. The minimum absolute atomic E-state index is 0.176. The topological polar surface area (TPSA) is 18.5 Å². The van der Waals surface area contributed by atoms with Gasteiger partial charge in [0, 0.05) is 17.1 Å². The molecule has 13 heavy (non-hydrogen) atoms. The molecule has 1 rings (SSSR count). The molecule has 1 aromatic rings. The molecule has 0 radical (unpaired) electrons. The molecule has 72 valence electrons. The highest BCUT2D eigenvalue weighted by Gasteiger charge is 2.01. The smallest absolute Gasteiger partial charge is 0.146 e. The van der Waals surface area contributed by atoms with Gasteiger partial charge in [0.05, 0.1) is 6.61 Å². The Morgan fingerprint density at radius 2 is 2.23 bits per heavy atom. The third-order valence-corrected chi connectivity index (χ3v) is 1.97. The summed E-state index contributed by atoms with van der Waals surface area (Å²) in [6.45, 7) is 0.405. The average Bonchev–Trinajstić information content (AvgIpc) is 2.09. The van der Waals surface area contributed by atoms with Crippen molar-refractivity contribution >= 4 is 15.9 Å². The van der Waals surface area contributed by atoms with E-state index < -0.39 is 0 Å². The Balaban J connectivity index is 2.56. The average molecular weight is 249 g/mol. The van der Waals surface area contributed by atoms with Crippen LogP contribution in [-0.2, 0) is 16.1 Å². The van der Waals surface area contributed by atoms with E-state index in [1.54, 1.807) is 12.1 Å². The quantitative estimate of drug-likeness (QED) is 0.603. The second kappa shape index (κ2) is 5.32. The van der Waals surface area contributed by atoms with Gasteiger partial charge in [0.1, 0.15) is 12.6 Å². The molecule has 0 atom stereocenters. The monoisotopic (exact) mass is 248 g/mol. The Morgan fingerprint density at radius 1 is 1.46 bits per heavy atom. The van der Waals surface area contributed by atoms with Crippen molar-refractivity contribution in [2.24, 2.45) is 0 Å². The van der Waals surface area contributed by atoms with Gasteiger partial charge in [-0.25, -0.2) is 4.39 Å². The van der Waals surface area contributed by atoms with Gasteiger partial charge in [-0.05, 0) is 12.1 Å². The van der Waals surface area contributed by atoms with Crippen molar-refractivity contribution in [2.75, 3.05) is 13.9 Å². The Bertz CT molecular complexity index is 278. The van der Waals surface area contributed by atoms with Crippen molar-refractivity contribution in [3.8, 4) is 0 Å². The molecule has 0 unspecified atom stereocenters. The van der Waals surface area contributed by atoms with E-state index in [4.69, 9.17) is 4.74 Å². The van der Waals surface area contributed by atoms with Gasteiger partial charge in [0.2, 0.25) is 0 Å². The van der Waals surface area contributed by atoms with Crippen LogP contribution in [0, 0.1) is 5.82 Å². The Kier molecular flexibility index (Phi) is 4.35. The predicted octanol–water partition coefficient (Wildman–Crippen LogP) is 2.71. The minimum Gasteiger partial charge on any atom is -0.359 e. The molecule has 0 fully saturated rings. The molecule has 0 spiro atoms. The van der Waals surface area contributed by atoms with Gasteiger partial charge in [-0.1, -0.05) is 22.0 Å². The summed E-state index contributed by atoms with van der Waals surface area (Å²) < 4.78 is 23.5. The standard InChI is InChI=1S/C9H10BrFO2/c1-12-6-13-5-7-2-3-8(10)4-9(7)11/h2-4H,5-6H2,1H3. The molecular weight excluding hydrogens is 239 g/mol. The maximum absolute atomic E-state index is 13.1. The Hall–Kier alpha value is -0.450. The molecule has 0 aliphatic carbocycles. The zero-order chi connectivity index (χ0) is 9.68. The lowest BCUT2D eigenvalue weighted by Crippen LogP contribution is -1.98. The van der Waals surface area contributed by atoms with E-state index in [0.29, 0.717) is 5.56 Å². The molecule has 0 N–H and O–H groups in total. The van der Waals surface area contributed by atoms with Crippen molar-refractivity contribution in [1.82, 2.24) is 0 Å². The van der Waals surface area contributed by atoms with Crippen LogP contribution in [0.4, 0.5) is 4.39 Å². The van der Waals surface area contributed by atoms with Crippen molar-refractivity contribution < 1.29 is 13.9 Å². The summed E-state index contributed by atoms with van der Waals surface area (Å²) in [5.74, 6) is -0.273. The minimum atomic E-state index is -0.273. The molecule has 0 amide bonds. The van der Waals surface area contributed by atoms with Crippen LogP contribution in [0.25, 0.3) is 0 Å². The largest absolute Gasteiger partial charge is 0.359 e. The van der Waals surface area contributed by atoms with Crippen molar-refractivity contribution in [3.63, 3.8) is 0 Å². The first-order valence-corrected chi connectivity index (χ1v) is 4.54. The summed E-state index contributed by atoms with van der Waals surface area (Å²) in [4.78, 5) is 0. The second-order valence-corrected chi connectivity index (χ2v) is 3.41. The molecular formula is C9H10BrFO2. The summed E-state index contributed by atoms with van der Waals surface area (Å²) >= 11 is 3.17. The zero-order valence-corrected chi connectivity index (χ0v) is 8.80. The van der Waals surface area contributed by atoms with Crippen LogP contribution in [-0.4, -0.2) is 13.9 Å². The highest BCUT2D eigenvalue weighted by Crippen LogP contribution is 2.15. The molecule has 2 nitrogen and oxygen atoms in total. The number of methoxy groups -OCH3 is 1. The van der Waals surface area contributed by atoms with Gasteiger partial charge < -0.3 is 9.47 Å². The predicted molar refractivity (Wildman–Crippen MR) is 50.8 cm³/mol. The fraction of sp³-hybridized carbons (Fsp3) is 0.333. The zero-order valence-electron chi connectivity index (χ0n) is 7.22. The molecule has 4 heteroatoms. The van der Waals surface area contributed by atoms with Gasteiger partial charge in [0.15, 0.2) is 0 Å². The third-order valence-electron chi connectivity index (χ3n) is 1.47. The van der Waals surface area contributed by atoms with Crippen LogP contribution in [0.15, 0.2) is 22.7 Å². The molecule has 0 bridgehead atoms. The summed E-state index contributed by atoms with van der Waals surface area (Å²) in [5, 5.41) is 0. The van der Waals surface area contributed by atoms with Crippen molar-refractivity contribution in [3.05, 3.63) is 34.1 Å². The lowest BCUT2D eigenvalue weighted by Gasteiger charge is -2.04. The summed E-state index contributed by atoms with van der Waals surface area (Å²) in [6, 6.07) is 4.86. The maximum atomic E-state index is 13.1. The summed E-state index contributed by atoms with van der Waals surface area (Å²) in [5.41, 5.74) is 0.528. The molecule has 1 aromatic carbocycles. The van der Waals surface area contributed by atoms with Gasteiger partial charge in [-0.3, -0.25) is 0 Å². The van der Waals surface area contributed by atoms with E-state index in [1.807, 2.05) is 0 Å².